The van der Waals surface area contributed by atoms with Gasteiger partial charge >= 0.3 is 0 Å². The Morgan fingerprint density at radius 1 is 1.42 bits per heavy atom. The standard InChI is InChI=1S/C18H27N3O2S/c1-3-9-19-17(22)14(2)21-11-7-15(8-12-21)18(23)20-10-6-16-5-4-13-24-16/h3-5,13-15H,1,6-12H2,2H3,(H,19,22)(H,20,23)/t14-/m0/s1. The molecule has 24 heavy (non-hydrogen) atoms. The molecular formula is C18H27N3O2S. The van der Waals surface area contributed by atoms with E-state index in [-0.39, 0.29) is 23.8 Å². The Balaban J connectivity index is 1.68. The van der Waals surface area contributed by atoms with Gasteiger partial charge in [-0.1, -0.05) is 12.1 Å². The number of hydrogen-bond donors (Lipinski definition) is 2. The summed E-state index contributed by atoms with van der Waals surface area (Å²) in [5, 5.41) is 7.93. The first-order valence-electron chi connectivity index (χ1n) is 8.54. The molecule has 0 saturated carbocycles. The number of piperidine rings is 1. The van der Waals surface area contributed by atoms with Crippen molar-refractivity contribution in [1.29, 1.82) is 0 Å². The van der Waals surface area contributed by atoms with Gasteiger partial charge in [-0.25, -0.2) is 0 Å². The van der Waals surface area contributed by atoms with E-state index in [1.54, 1.807) is 17.4 Å². The lowest BCUT2D eigenvalue weighted by Crippen LogP contribution is -2.49. The molecule has 132 valence electrons. The maximum Gasteiger partial charge on any atom is 0.237 e. The summed E-state index contributed by atoms with van der Waals surface area (Å²) in [6, 6.07) is 3.96. The van der Waals surface area contributed by atoms with Crippen LogP contribution < -0.4 is 10.6 Å². The predicted molar refractivity (Wildman–Crippen MR) is 98.0 cm³/mol. The highest BCUT2D eigenvalue weighted by atomic mass is 32.1. The van der Waals surface area contributed by atoms with Gasteiger partial charge in [0.2, 0.25) is 11.8 Å². The Morgan fingerprint density at radius 3 is 2.79 bits per heavy atom. The molecule has 1 aliphatic heterocycles. The molecule has 6 heteroatoms. The first-order chi connectivity index (χ1) is 11.6. The average molecular weight is 350 g/mol. The van der Waals surface area contributed by atoms with Gasteiger partial charge in [-0.2, -0.15) is 0 Å². The molecule has 0 unspecified atom stereocenters. The molecule has 2 amide bonds. The lowest BCUT2D eigenvalue weighted by Gasteiger charge is -2.34. The molecule has 0 bridgehead atoms. The second-order valence-electron chi connectivity index (χ2n) is 6.14. The number of amides is 2. The molecular weight excluding hydrogens is 322 g/mol. The molecule has 1 atom stereocenters. The van der Waals surface area contributed by atoms with E-state index in [1.165, 1.54) is 4.88 Å². The largest absolute Gasteiger partial charge is 0.355 e. The summed E-state index contributed by atoms with van der Waals surface area (Å²) in [7, 11) is 0. The van der Waals surface area contributed by atoms with Gasteiger partial charge in [-0.05, 0) is 50.7 Å². The van der Waals surface area contributed by atoms with E-state index >= 15 is 0 Å². The lowest BCUT2D eigenvalue weighted by molar-refractivity contribution is -0.128. The Bertz CT molecular complexity index is 536. The number of hydrogen-bond acceptors (Lipinski definition) is 4. The third-order valence-electron chi connectivity index (χ3n) is 4.50. The van der Waals surface area contributed by atoms with Crippen molar-refractivity contribution in [2.24, 2.45) is 5.92 Å². The van der Waals surface area contributed by atoms with Crippen LogP contribution >= 0.6 is 11.3 Å². The van der Waals surface area contributed by atoms with Crippen molar-refractivity contribution < 1.29 is 9.59 Å². The van der Waals surface area contributed by atoms with Gasteiger partial charge in [0.05, 0.1) is 6.04 Å². The van der Waals surface area contributed by atoms with E-state index in [0.717, 1.165) is 32.4 Å². The molecule has 1 aromatic heterocycles. The van der Waals surface area contributed by atoms with Crippen LogP contribution in [0.5, 0.6) is 0 Å². The highest BCUT2D eigenvalue weighted by Gasteiger charge is 2.29. The molecule has 1 saturated heterocycles. The van der Waals surface area contributed by atoms with Gasteiger partial charge in [-0.3, -0.25) is 14.5 Å². The first-order valence-corrected chi connectivity index (χ1v) is 9.42. The van der Waals surface area contributed by atoms with E-state index in [4.69, 9.17) is 0 Å². The van der Waals surface area contributed by atoms with Crippen molar-refractivity contribution in [2.45, 2.75) is 32.2 Å². The van der Waals surface area contributed by atoms with Gasteiger partial charge in [0.1, 0.15) is 0 Å². The zero-order valence-electron chi connectivity index (χ0n) is 14.3. The van der Waals surface area contributed by atoms with Crippen LogP contribution in [0.25, 0.3) is 0 Å². The SMILES string of the molecule is C=CCNC(=O)[C@H](C)N1CCC(C(=O)NCCc2cccs2)CC1. The highest BCUT2D eigenvalue weighted by molar-refractivity contribution is 7.09. The van der Waals surface area contributed by atoms with E-state index in [2.05, 4.69) is 33.6 Å². The molecule has 0 aromatic carbocycles. The van der Waals surface area contributed by atoms with Gasteiger partial charge < -0.3 is 10.6 Å². The number of nitrogens with zero attached hydrogens (tertiary/aromatic N) is 1. The van der Waals surface area contributed by atoms with Crippen molar-refractivity contribution in [3.8, 4) is 0 Å². The molecule has 0 radical (unpaired) electrons. The third kappa shape index (κ3) is 5.46. The minimum atomic E-state index is -0.159. The van der Waals surface area contributed by atoms with Crippen LogP contribution in [-0.4, -0.2) is 48.9 Å². The van der Waals surface area contributed by atoms with Gasteiger partial charge in [-0.15, -0.1) is 17.9 Å². The van der Waals surface area contributed by atoms with Crippen LogP contribution in [-0.2, 0) is 16.0 Å². The molecule has 0 aliphatic carbocycles. The number of rotatable bonds is 8. The summed E-state index contributed by atoms with van der Waals surface area (Å²) in [6.07, 6.45) is 4.19. The van der Waals surface area contributed by atoms with Crippen molar-refractivity contribution >= 4 is 23.2 Å². The topological polar surface area (TPSA) is 61.4 Å². The molecule has 0 spiro atoms. The minimum absolute atomic E-state index is 0.0220. The van der Waals surface area contributed by atoms with Gasteiger partial charge in [0.25, 0.3) is 0 Å². The summed E-state index contributed by atoms with van der Waals surface area (Å²) < 4.78 is 0. The molecule has 2 N–H and O–H groups in total. The molecule has 2 rings (SSSR count). The molecule has 1 fully saturated rings. The van der Waals surface area contributed by atoms with Crippen molar-refractivity contribution in [2.75, 3.05) is 26.2 Å². The van der Waals surface area contributed by atoms with Gasteiger partial charge in [0, 0.05) is 23.9 Å². The van der Waals surface area contributed by atoms with Crippen molar-refractivity contribution in [1.82, 2.24) is 15.5 Å². The zero-order chi connectivity index (χ0) is 17.4. The number of carbonyl (C=O) groups is 2. The molecule has 1 aliphatic rings. The quantitative estimate of drug-likeness (QED) is 0.704. The fourth-order valence-electron chi connectivity index (χ4n) is 2.94. The van der Waals surface area contributed by atoms with Crippen LogP contribution in [0.4, 0.5) is 0 Å². The summed E-state index contributed by atoms with van der Waals surface area (Å²) in [4.78, 5) is 27.7. The third-order valence-corrected chi connectivity index (χ3v) is 5.44. The first kappa shape index (κ1) is 18.7. The highest BCUT2D eigenvalue weighted by Crippen LogP contribution is 2.19. The van der Waals surface area contributed by atoms with Crippen LogP contribution in [0.2, 0.25) is 0 Å². The maximum atomic E-state index is 12.3. The fraction of sp³-hybridized carbons (Fsp3) is 0.556. The van der Waals surface area contributed by atoms with Crippen LogP contribution in [0.1, 0.15) is 24.6 Å². The number of nitrogens with one attached hydrogen (secondary N) is 2. The number of thiophene rings is 1. The van der Waals surface area contributed by atoms with E-state index < -0.39 is 0 Å². The number of carbonyl (C=O) groups excluding carboxylic acids is 2. The summed E-state index contributed by atoms with van der Waals surface area (Å²) >= 11 is 1.72. The van der Waals surface area contributed by atoms with E-state index in [0.29, 0.717) is 13.1 Å². The smallest absolute Gasteiger partial charge is 0.237 e. The second kappa shape index (κ2) is 9.59. The Morgan fingerprint density at radius 2 is 2.17 bits per heavy atom. The second-order valence-corrected chi connectivity index (χ2v) is 7.17. The molecule has 1 aromatic rings. The zero-order valence-corrected chi connectivity index (χ0v) is 15.1. The normalized spacial score (nSPS) is 17.2. The molecule has 5 nitrogen and oxygen atoms in total. The average Bonchev–Trinajstić information content (AvgIpc) is 3.12. The van der Waals surface area contributed by atoms with Crippen LogP contribution in [0.15, 0.2) is 30.2 Å². The predicted octanol–water partition coefficient (Wildman–Crippen LogP) is 1.81. The van der Waals surface area contributed by atoms with E-state index in [1.807, 2.05) is 13.0 Å². The van der Waals surface area contributed by atoms with Crippen molar-refractivity contribution in [3.05, 3.63) is 35.0 Å². The van der Waals surface area contributed by atoms with Gasteiger partial charge in [0.15, 0.2) is 0 Å². The van der Waals surface area contributed by atoms with Crippen molar-refractivity contribution in [3.63, 3.8) is 0 Å². The monoisotopic (exact) mass is 349 g/mol. The summed E-state index contributed by atoms with van der Waals surface area (Å²) in [6.45, 7) is 8.27. The summed E-state index contributed by atoms with van der Waals surface area (Å²) in [5.41, 5.74) is 0. The molecule has 2 heterocycles. The fourth-order valence-corrected chi connectivity index (χ4v) is 3.65. The van der Waals surface area contributed by atoms with Crippen LogP contribution in [0.3, 0.4) is 0 Å². The van der Waals surface area contributed by atoms with E-state index in [9.17, 15) is 9.59 Å². The minimum Gasteiger partial charge on any atom is -0.355 e. The Hall–Kier alpha value is -1.66. The Labute approximate surface area is 148 Å². The Kier molecular flexibility index (Phi) is 7.46. The number of likely N-dealkylation sites (tertiary alicyclic amines) is 1. The lowest BCUT2D eigenvalue weighted by atomic mass is 9.95. The summed E-state index contributed by atoms with van der Waals surface area (Å²) in [5.74, 6) is 0.233. The van der Waals surface area contributed by atoms with Crippen LogP contribution in [0, 0.1) is 5.92 Å². The maximum absolute atomic E-state index is 12.3.